The van der Waals surface area contributed by atoms with Crippen molar-refractivity contribution >= 4 is 38.6 Å². The van der Waals surface area contributed by atoms with Crippen molar-refractivity contribution < 1.29 is 4.79 Å². The van der Waals surface area contributed by atoms with Crippen LogP contribution < -0.4 is 0 Å². The Labute approximate surface area is 88.6 Å². The first-order valence-electron chi connectivity index (χ1n) is 3.93. The molecular weight excluding hydrogens is 244 g/mol. The van der Waals surface area contributed by atoms with E-state index in [1.54, 1.807) is 12.3 Å². The van der Waals surface area contributed by atoms with Crippen LogP contribution in [0.4, 0.5) is 5.69 Å². The van der Waals surface area contributed by atoms with Crippen LogP contribution >= 0.6 is 15.9 Å². The molecule has 0 spiro atoms. The second-order valence-electron chi connectivity index (χ2n) is 2.69. The van der Waals surface area contributed by atoms with Gasteiger partial charge in [0.2, 0.25) is 6.08 Å². The monoisotopic (exact) mass is 248 g/mol. The lowest BCUT2D eigenvalue weighted by molar-refractivity contribution is 0.565. The minimum absolute atomic E-state index is 0.595. The van der Waals surface area contributed by atoms with E-state index in [0.717, 1.165) is 15.4 Å². The number of carbonyl (C=O) groups excluding carboxylic acids is 1. The molecule has 0 amide bonds. The van der Waals surface area contributed by atoms with Gasteiger partial charge in [0, 0.05) is 16.1 Å². The summed E-state index contributed by atoms with van der Waals surface area (Å²) in [5, 5.41) is 0.846. The number of halogens is 1. The lowest BCUT2D eigenvalue weighted by Gasteiger charge is -1.99. The molecule has 1 aromatic carbocycles. The van der Waals surface area contributed by atoms with E-state index >= 15 is 0 Å². The Hall–Kier alpha value is -1.51. The van der Waals surface area contributed by atoms with Crippen LogP contribution in [0.2, 0.25) is 0 Å². The summed E-state index contributed by atoms with van der Waals surface area (Å²) < 4.78 is 0.949. The maximum atomic E-state index is 10.2. The molecule has 2 aromatic rings. The molecule has 0 aliphatic heterocycles. The lowest BCUT2D eigenvalue weighted by atomic mass is 10.2. The van der Waals surface area contributed by atoms with E-state index in [4.69, 9.17) is 0 Å². The molecule has 0 N–H and O–H groups in total. The van der Waals surface area contributed by atoms with Gasteiger partial charge in [0.15, 0.2) is 0 Å². The zero-order chi connectivity index (χ0) is 9.97. The Morgan fingerprint density at radius 1 is 1.36 bits per heavy atom. The highest BCUT2D eigenvalue weighted by atomic mass is 79.9. The first-order chi connectivity index (χ1) is 6.81. The van der Waals surface area contributed by atoms with Crippen LogP contribution in [0.5, 0.6) is 0 Å². The first-order valence-corrected chi connectivity index (χ1v) is 4.73. The number of hydrogen-bond acceptors (Lipinski definition) is 3. The third-order valence-corrected chi connectivity index (χ3v) is 2.34. The van der Waals surface area contributed by atoms with Crippen molar-refractivity contribution in [1.82, 2.24) is 4.98 Å². The molecule has 0 fully saturated rings. The molecule has 0 aliphatic rings. The summed E-state index contributed by atoms with van der Waals surface area (Å²) in [6, 6.07) is 7.30. The van der Waals surface area contributed by atoms with Crippen molar-refractivity contribution in [2.45, 2.75) is 0 Å². The van der Waals surface area contributed by atoms with Gasteiger partial charge in [-0.1, -0.05) is 15.9 Å². The quantitative estimate of drug-likeness (QED) is 0.575. The molecule has 68 valence electrons. The second-order valence-corrected chi connectivity index (χ2v) is 3.61. The highest BCUT2D eigenvalue weighted by Crippen LogP contribution is 2.25. The number of fused-ring (bicyclic) bond motifs is 1. The number of isocyanates is 1. The molecule has 2 rings (SSSR count). The van der Waals surface area contributed by atoms with E-state index in [1.165, 1.54) is 6.08 Å². The molecule has 0 aliphatic carbocycles. The van der Waals surface area contributed by atoms with E-state index < -0.39 is 0 Å². The summed E-state index contributed by atoms with van der Waals surface area (Å²) in [4.78, 5) is 17.9. The Kier molecular flexibility index (Phi) is 2.39. The van der Waals surface area contributed by atoms with Gasteiger partial charge < -0.3 is 0 Å². The van der Waals surface area contributed by atoms with Gasteiger partial charge in [0.1, 0.15) is 0 Å². The number of rotatable bonds is 1. The summed E-state index contributed by atoms with van der Waals surface area (Å²) >= 11 is 3.35. The fraction of sp³-hybridized carbons (Fsp3) is 0. The molecule has 4 heteroatoms. The third-order valence-electron chi connectivity index (χ3n) is 1.85. The van der Waals surface area contributed by atoms with E-state index in [0.29, 0.717) is 5.69 Å². The van der Waals surface area contributed by atoms with Gasteiger partial charge in [-0.2, -0.15) is 4.99 Å². The van der Waals surface area contributed by atoms with Crippen LogP contribution in [0.3, 0.4) is 0 Å². The maximum Gasteiger partial charge on any atom is 0.240 e. The van der Waals surface area contributed by atoms with Crippen LogP contribution in [0.1, 0.15) is 0 Å². The van der Waals surface area contributed by atoms with Crippen LogP contribution in [0, 0.1) is 0 Å². The molecule has 1 heterocycles. The minimum Gasteiger partial charge on any atom is -0.256 e. The van der Waals surface area contributed by atoms with Crippen molar-refractivity contribution in [2.75, 3.05) is 0 Å². The predicted molar refractivity (Wildman–Crippen MR) is 57.2 cm³/mol. The fourth-order valence-electron chi connectivity index (χ4n) is 1.25. The number of pyridine rings is 1. The van der Waals surface area contributed by atoms with E-state index in [1.807, 2.05) is 18.2 Å². The zero-order valence-corrected chi connectivity index (χ0v) is 8.65. The van der Waals surface area contributed by atoms with Crippen LogP contribution in [-0.4, -0.2) is 11.1 Å². The van der Waals surface area contributed by atoms with Crippen molar-refractivity contribution in [3.05, 3.63) is 34.9 Å². The van der Waals surface area contributed by atoms with Crippen LogP contribution in [0.15, 0.2) is 39.9 Å². The maximum absolute atomic E-state index is 10.2. The Morgan fingerprint density at radius 3 is 3.00 bits per heavy atom. The number of benzene rings is 1. The summed E-state index contributed by atoms with van der Waals surface area (Å²) in [6.45, 7) is 0. The van der Waals surface area contributed by atoms with Crippen molar-refractivity contribution in [3.8, 4) is 0 Å². The molecule has 14 heavy (non-hydrogen) atoms. The molecule has 1 aromatic heterocycles. The van der Waals surface area contributed by atoms with Gasteiger partial charge in [0.25, 0.3) is 0 Å². The summed E-state index contributed by atoms with van der Waals surface area (Å²) in [5.74, 6) is 0. The molecule has 0 saturated carbocycles. The third kappa shape index (κ3) is 1.58. The van der Waals surface area contributed by atoms with E-state index in [9.17, 15) is 4.79 Å². The van der Waals surface area contributed by atoms with Gasteiger partial charge in [-0.3, -0.25) is 4.98 Å². The van der Waals surface area contributed by atoms with Gasteiger partial charge in [-0.15, -0.1) is 0 Å². The van der Waals surface area contributed by atoms with Crippen molar-refractivity contribution in [2.24, 2.45) is 4.99 Å². The van der Waals surface area contributed by atoms with Crippen LogP contribution in [-0.2, 0) is 4.79 Å². The Balaban J connectivity index is 2.81. The van der Waals surface area contributed by atoms with Gasteiger partial charge >= 0.3 is 0 Å². The van der Waals surface area contributed by atoms with E-state index in [-0.39, 0.29) is 0 Å². The molecule has 0 radical (unpaired) electrons. The van der Waals surface area contributed by atoms with E-state index in [2.05, 4.69) is 25.9 Å². The van der Waals surface area contributed by atoms with Crippen molar-refractivity contribution in [3.63, 3.8) is 0 Å². The number of aliphatic imine (C=N–C) groups is 1. The number of aromatic nitrogens is 1. The highest BCUT2D eigenvalue weighted by molar-refractivity contribution is 9.10. The smallest absolute Gasteiger partial charge is 0.240 e. The Bertz CT molecular complexity index is 533. The second kappa shape index (κ2) is 3.70. The molecule has 0 saturated heterocycles. The summed E-state index contributed by atoms with van der Waals surface area (Å²) in [7, 11) is 0. The first kappa shape index (κ1) is 9.06. The predicted octanol–water partition coefficient (Wildman–Crippen LogP) is 2.96. The SMILES string of the molecule is O=C=Nc1ccnc2cc(Br)ccc12. The standard InChI is InChI=1S/C10H5BrN2O/c11-7-1-2-8-9(13-6-14)3-4-12-10(8)5-7/h1-5H. The van der Waals surface area contributed by atoms with Crippen molar-refractivity contribution in [1.29, 1.82) is 0 Å². The summed E-state index contributed by atoms with van der Waals surface area (Å²) in [6.07, 6.45) is 3.14. The summed E-state index contributed by atoms with van der Waals surface area (Å²) in [5.41, 5.74) is 1.40. The largest absolute Gasteiger partial charge is 0.256 e. The molecular formula is C10H5BrN2O. The number of hydrogen-bond donors (Lipinski definition) is 0. The minimum atomic E-state index is 0.595. The Morgan fingerprint density at radius 2 is 2.21 bits per heavy atom. The lowest BCUT2D eigenvalue weighted by Crippen LogP contribution is -1.78. The molecule has 0 unspecified atom stereocenters. The average molecular weight is 249 g/mol. The van der Waals surface area contributed by atoms with Crippen LogP contribution in [0.25, 0.3) is 10.9 Å². The normalized spacial score (nSPS) is 9.79. The number of nitrogens with zero attached hydrogens (tertiary/aromatic N) is 2. The average Bonchev–Trinajstić information content (AvgIpc) is 2.18. The fourth-order valence-corrected chi connectivity index (χ4v) is 1.60. The molecule has 0 bridgehead atoms. The highest BCUT2D eigenvalue weighted by Gasteiger charge is 2.00. The van der Waals surface area contributed by atoms with Gasteiger partial charge in [-0.05, 0) is 24.3 Å². The zero-order valence-electron chi connectivity index (χ0n) is 7.07. The molecule has 3 nitrogen and oxygen atoms in total. The van der Waals surface area contributed by atoms with Gasteiger partial charge in [0.05, 0.1) is 11.2 Å². The van der Waals surface area contributed by atoms with Gasteiger partial charge in [-0.25, -0.2) is 4.79 Å². The molecule has 0 atom stereocenters. The topological polar surface area (TPSA) is 42.3 Å².